The van der Waals surface area contributed by atoms with Crippen molar-refractivity contribution >= 4 is 29.2 Å². The number of nitrogen functional groups attached to an aromatic ring is 1. The van der Waals surface area contributed by atoms with Crippen molar-refractivity contribution in [3.05, 3.63) is 47.0 Å². The molecule has 0 aliphatic carbocycles. The average molecular weight is 444 g/mol. The highest BCUT2D eigenvalue weighted by Crippen LogP contribution is 2.23. The smallest absolute Gasteiger partial charge is 0.413 e. The number of hydrogen-bond acceptors (Lipinski definition) is 8. The van der Waals surface area contributed by atoms with Gasteiger partial charge in [-0.15, -0.1) is 0 Å². The number of para-hydroxylation sites is 1. The third-order valence-corrected chi connectivity index (χ3v) is 5.01. The van der Waals surface area contributed by atoms with E-state index in [1.165, 1.54) is 10.9 Å². The van der Waals surface area contributed by atoms with E-state index in [0.29, 0.717) is 0 Å². The molecule has 5 N–H and O–H groups in total. The maximum absolute atomic E-state index is 12.4. The van der Waals surface area contributed by atoms with Gasteiger partial charge in [0.2, 0.25) is 5.95 Å². The number of H-pyrrole nitrogens is 1. The quantitative estimate of drug-likeness (QED) is 0.355. The van der Waals surface area contributed by atoms with E-state index < -0.39 is 29.1 Å². The van der Waals surface area contributed by atoms with Crippen LogP contribution in [0.1, 0.15) is 20.3 Å². The van der Waals surface area contributed by atoms with E-state index >= 15 is 0 Å². The summed E-state index contributed by atoms with van der Waals surface area (Å²) in [5.41, 5.74) is 3.82. The molecule has 0 radical (unpaired) electrons. The number of nitrogens with zero attached hydrogens (tertiary/aromatic N) is 3. The van der Waals surface area contributed by atoms with Crippen LogP contribution in [0.15, 0.2) is 41.5 Å². The molecule has 3 rings (SSSR count). The van der Waals surface area contributed by atoms with E-state index in [4.69, 9.17) is 15.2 Å². The van der Waals surface area contributed by atoms with Gasteiger partial charge in [-0.2, -0.15) is 4.98 Å². The van der Waals surface area contributed by atoms with E-state index in [2.05, 4.69) is 20.3 Å². The van der Waals surface area contributed by atoms with Crippen molar-refractivity contribution in [2.75, 3.05) is 12.3 Å². The van der Waals surface area contributed by atoms with Gasteiger partial charge in [-0.05, 0) is 18.1 Å². The molecular weight excluding hydrogens is 420 g/mol. The lowest BCUT2D eigenvalue weighted by atomic mass is 9.83. The van der Waals surface area contributed by atoms with Gasteiger partial charge >= 0.3 is 12.1 Å². The number of aromatic nitrogens is 4. The number of aromatic amines is 1. The van der Waals surface area contributed by atoms with Gasteiger partial charge in [0.25, 0.3) is 5.56 Å². The molecule has 0 bridgehead atoms. The third-order valence-electron chi connectivity index (χ3n) is 5.01. The van der Waals surface area contributed by atoms with Crippen LogP contribution in [0, 0.1) is 5.92 Å². The van der Waals surface area contributed by atoms with Crippen molar-refractivity contribution in [3.8, 4) is 5.75 Å². The number of carbonyl (C=O) groups excluding carboxylic acids is 1. The first-order valence-corrected chi connectivity index (χ1v) is 9.79. The number of carboxylic acid groups (broad SMARTS) is 1. The normalized spacial score (nSPS) is 13.1. The van der Waals surface area contributed by atoms with E-state index in [-0.39, 0.29) is 42.6 Å². The molecule has 0 aliphatic heterocycles. The molecule has 2 aromatic heterocycles. The molecule has 0 fully saturated rings. The van der Waals surface area contributed by atoms with E-state index in [9.17, 15) is 19.5 Å². The number of hydrogen-bond donors (Lipinski definition) is 4. The molecule has 3 aromatic rings. The van der Waals surface area contributed by atoms with Crippen LogP contribution in [0.4, 0.5) is 10.7 Å². The number of nitrogens with two attached hydrogens (primary N) is 1. The number of carboxylic acids is 1. The number of rotatable bonds is 9. The molecule has 0 aliphatic rings. The summed E-state index contributed by atoms with van der Waals surface area (Å²) >= 11 is 0. The van der Waals surface area contributed by atoms with Crippen LogP contribution in [0.3, 0.4) is 0 Å². The Balaban J connectivity index is 1.66. The Morgan fingerprint density at radius 2 is 2.03 bits per heavy atom. The molecule has 170 valence electrons. The van der Waals surface area contributed by atoms with Gasteiger partial charge in [0, 0.05) is 6.42 Å². The lowest BCUT2D eigenvalue weighted by Gasteiger charge is -2.33. The molecule has 2 heterocycles. The van der Waals surface area contributed by atoms with E-state index in [1.54, 1.807) is 44.2 Å². The number of benzene rings is 1. The highest BCUT2D eigenvalue weighted by molar-refractivity contribution is 5.85. The highest BCUT2D eigenvalue weighted by Gasteiger charge is 2.43. The summed E-state index contributed by atoms with van der Waals surface area (Å²) in [6.07, 6.45) is 0.452. The summed E-state index contributed by atoms with van der Waals surface area (Å²) in [6.45, 7) is 3.29. The van der Waals surface area contributed by atoms with Crippen LogP contribution in [0.5, 0.6) is 5.75 Å². The first-order valence-electron chi connectivity index (χ1n) is 9.79. The van der Waals surface area contributed by atoms with E-state index in [0.717, 1.165) is 0 Å². The Labute approximate surface area is 182 Å². The highest BCUT2D eigenvalue weighted by atomic mass is 16.6. The topological polar surface area (TPSA) is 174 Å². The van der Waals surface area contributed by atoms with Gasteiger partial charge in [0.1, 0.15) is 18.0 Å². The number of aliphatic carboxylic acids is 1. The molecule has 1 aromatic carbocycles. The molecule has 32 heavy (non-hydrogen) atoms. The summed E-state index contributed by atoms with van der Waals surface area (Å²) in [6, 6.07) is 8.32. The van der Waals surface area contributed by atoms with Crippen LogP contribution in [-0.4, -0.2) is 48.8 Å². The van der Waals surface area contributed by atoms with Gasteiger partial charge in [-0.3, -0.25) is 14.3 Å². The van der Waals surface area contributed by atoms with Crippen molar-refractivity contribution in [1.29, 1.82) is 0 Å². The summed E-state index contributed by atoms with van der Waals surface area (Å²) in [7, 11) is 0. The Morgan fingerprint density at radius 3 is 2.69 bits per heavy atom. The second-order valence-electron chi connectivity index (χ2n) is 7.38. The minimum atomic E-state index is -1.62. The zero-order valence-corrected chi connectivity index (χ0v) is 17.6. The van der Waals surface area contributed by atoms with Gasteiger partial charge in [0.15, 0.2) is 11.2 Å². The van der Waals surface area contributed by atoms with Crippen LogP contribution < -0.4 is 21.3 Å². The predicted molar refractivity (Wildman–Crippen MR) is 114 cm³/mol. The number of anilines is 1. The second-order valence-corrected chi connectivity index (χ2v) is 7.38. The molecule has 0 spiro atoms. The molecular formula is C20H24N6O6. The first-order chi connectivity index (χ1) is 15.2. The second kappa shape index (κ2) is 9.47. The van der Waals surface area contributed by atoms with Gasteiger partial charge < -0.3 is 25.6 Å². The first kappa shape index (κ1) is 22.7. The maximum atomic E-state index is 12.4. The Bertz CT molecular complexity index is 1160. The van der Waals surface area contributed by atoms with Crippen molar-refractivity contribution in [2.24, 2.45) is 5.92 Å². The molecule has 0 saturated carbocycles. The summed E-state index contributed by atoms with van der Waals surface area (Å²) < 4.78 is 12.3. The number of fused-ring (bicyclic) bond motifs is 1. The van der Waals surface area contributed by atoms with Gasteiger partial charge in [-0.25, -0.2) is 14.6 Å². The van der Waals surface area contributed by atoms with Crippen molar-refractivity contribution < 1.29 is 24.2 Å². The molecule has 12 heteroatoms. The summed E-state index contributed by atoms with van der Waals surface area (Å²) in [5, 5.41) is 12.4. The fourth-order valence-electron chi connectivity index (χ4n) is 3.17. The lowest BCUT2D eigenvalue weighted by Crippen LogP contribution is -2.59. The fraction of sp³-hybridized carbons (Fsp3) is 0.350. The molecule has 1 amide bonds. The summed E-state index contributed by atoms with van der Waals surface area (Å²) in [4.78, 5) is 46.7. The predicted octanol–water partition coefficient (Wildman–Crippen LogP) is 1.33. The zero-order valence-electron chi connectivity index (χ0n) is 17.6. The van der Waals surface area contributed by atoms with Crippen LogP contribution in [-0.2, 0) is 16.3 Å². The molecule has 0 unspecified atom stereocenters. The Hall–Kier alpha value is -3.93. The van der Waals surface area contributed by atoms with Gasteiger partial charge in [-0.1, -0.05) is 32.0 Å². The molecule has 12 nitrogen and oxygen atoms in total. The number of carbonyl (C=O) groups is 2. The number of ether oxygens (including phenoxy) is 2. The van der Waals surface area contributed by atoms with Crippen molar-refractivity contribution in [2.45, 2.75) is 32.5 Å². The minimum absolute atomic E-state index is 0.0194. The molecule has 1 atom stereocenters. The number of nitrogens with one attached hydrogen (secondary N) is 2. The van der Waals surface area contributed by atoms with Crippen LogP contribution in [0.25, 0.3) is 11.2 Å². The number of amides is 1. The zero-order chi connectivity index (χ0) is 23.3. The van der Waals surface area contributed by atoms with Crippen molar-refractivity contribution in [1.82, 2.24) is 24.8 Å². The van der Waals surface area contributed by atoms with Crippen LogP contribution in [0.2, 0.25) is 0 Å². The number of imidazole rings is 1. The third kappa shape index (κ3) is 4.86. The van der Waals surface area contributed by atoms with Crippen LogP contribution >= 0.6 is 0 Å². The Kier molecular flexibility index (Phi) is 6.73. The maximum Gasteiger partial charge on any atom is 0.413 e. The van der Waals surface area contributed by atoms with E-state index in [1.807, 2.05) is 0 Å². The fourth-order valence-corrected chi connectivity index (χ4v) is 3.17. The summed E-state index contributed by atoms with van der Waals surface area (Å²) in [5.74, 6) is -1.45. The monoisotopic (exact) mass is 444 g/mol. The average Bonchev–Trinajstić information content (AvgIpc) is 3.13. The van der Waals surface area contributed by atoms with Crippen molar-refractivity contribution in [3.63, 3.8) is 0 Å². The van der Waals surface area contributed by atoms with Gasteiger partial charge in [0.05, 0.1) is 12.9 Å². The standard InChI is InChI=1S/C20H24N6O6/c1-12(2)20(17(28)29,25-19(30)32-13-6-4-3-5-7-13)8-9-31-11-26-10-22-14-15(26)23-18(21)24-16(14)27/h3-7,10,12H,8-9,11H2,1-2H3,(H,25,30)(H,28,29)(H3,21,23,24,27)/t20-/m0/s1. The SMILES string of the molecule is CC(C)[C@](CCOCn1cnc2c(=O)[nH]c(N)nc21)(NC(=O)Oc1ccccc1)C(=O)O. The largest absolute Gasteiger partial charge is 0.479 e. The lowest BCUT2D eigenvalue weighted by molar-refractivity contribution is -0.148. The molecule has 0 saturated heterocycles. The minimum Gasteiger partial charge on any atom is -0.479 e. The Morgan fingerprint density at radius 1 is 1.31 bits per heavy atom.